The molecule has 1 amide bonds. The van der Waals surface area contributed by atoms with E-state index >= 15 is 0 Å². The first-order valence-electron chi connectivity index (χ1n) is 9.27. The Morgan fingerprint density at radius 3 is 2.45 bits per heavy atom. The maximum atomic E-state index is 13.1. The smallest absolute Gasteiger partial charge is 0.265 e. The largest absolute Gasteiger partial charge is 0.493 e. The molecule has 0 aromatic heterocycles. The van der Waals surface area contributed by atoms with Gasteiger partial charge in [-0.05, 0) is 48.4 Å². The standard InChI is InChI=1S/C24H23NO4/c1-18-7-6-10-21(13-18)25(15-19-8-4-3-5-9-19)24(27)17-29-22-12-11-20(16-26)14-23(22)28-2/h3-14,16H,15,17H2,1-2H3. The second-order valence-electron chi connectivity index (χ2n) is 6.62. The Bertz CT molecular complexity index is 985. The molecule has 0 bridgehead atoms. The van der Waals surface area contributed by atoms with Crippen molar-refractivity contribution in [1.82, 2.24) is 0 Å². The number of anilines is 1. The summed E-state index contributed by atoms with van der Waals surface area (Å²) in [5, 5.41) is 0. The molecule has 3 aromatic rings. The third-order valence-corrected chi connectivity index (χ3v) is 4.47. The fraction of sp³-hybridized carbons (Fsp3) is 0.167. The first-order valence-corrected chi connectivity index (χ1v) is 9.27. The summed E-state index contributed by atoms with van der Waals surface area (Å²) in [6, 6.07) is 22.4. The third kappa shape index (κ3) is 5.23. The SMILES string of the molecule is COc1cc(C=O)ccc1OCC(=O)N(Cc1ccccc1)c1cccc(C)c1. The summed E-state index contributed by atoms with van der Waals surface area (Å²) < 4.78 is 11.0. The molecule has 0 atom stereocenters. The van der Waals surface area contributed by atoms with Gasteiger partial charge >= 0.3 is 0 Å². The molecule has 0 saturated heterocycles. The van der Waals surface area contributed by atoms with E-state index in [0.29, 0.717) is 23.6 Å². The molecular formula is C24H23NO4. The number of benzene rings is 3. The molecule has 5 nitrogen and oxygen atoms in total. The van der Waals surface area contributed by atoms with Crippen LogP contribution in [0.4, 0.5) is 5.69 Å². The Morgan fingerprint density at radius 1 is 0.966 bits per heavy atom. The Hall–Kier alpha value is -3.60. The summed E-state index contributed by atoms with van der Waals surface area (Å²) in [5.74, 6) is 0.642. The van der Waals surface area contributed by atoms with Gasteiger partial charge in [-0.1, -0.05) is 42.5 Å². The van der Waals surface area contributed by atoms with Crippen LogP contribution in [0, 0.1) is 6.92 Å². The number of ether oxygens (including phenoxy) is 2. The second kappa shape index (κ2) is 9.55. The van der Waals surface area contributed by atoms with Crippen LogP contribution in [0.2, 0.25) is 0 Å². The van der Waals surface area contributed by atoms with E-state index < -0.39 is 0 Å². The number of rotatable bonds is 8. The van der Waals surface area contributed by atoms with Crippen molar-refractivity contribution < 1.29 is 19.1 Å². The van der Waals surface area contributed by atoms with Crippen LogP contribution in [0.1, 0.15) is 21.5 Å². The molecule has 0 heterocycles. The third-order valence-electron chi connectivity index (χ3n) is 4.47. The molecule has 0 radical (unpaired) electrons. The van der Waals surface area contributed by atoms with Crippen LogP contribution in [-0.2, 0) is 11.3 Å². The molecule has 29 heavy (non-hydrogen) atoms. The summed E-state index contributed by atoms with van der Waals surface area (Å²) >= 11 is 0. The summed E-state index contributed by atoms with van der Waals surface area (Å²) in [6.07, 6.45) is 0.733. The van der Waals surface area contributed by atoms with Crippen molar-refractivity contribution in [2.45, 2.75) is 13.5 Å². The van der Waals surface area contributed by atoms with E-state index in [-0.39, 0.29) is 12.5 Å². The van der Waals surface area contributed by atoms with Crippen LogP contribution < -0.4 is 14.4 Å². The molecular weight excluding hydrogens is 366 g/mol. The lowest BCUT2D eigenvalue weighted by Gasteiger charge is -2.24. The van der Waals surface area contributed by atoms with Crippen molar-refractivity contribution in [3.63, 3.8) is 0 Å². The lowest BCUT2D eigenvalue weighted by atomic mass is 10.1. The number of carbonyl (C=O) groups is 2. The highest BCUT2D eigenvalue weighted by atomic mass is 16.5. The monoisotopic (exact) mass is 389 g/mol. The quantitative estimate of drug-likeness (QED) is 0.535. The first kappa shape index (κ1) is 20.1. The van der Waals surface area contributed by atoms with E-state index in [1.165, 1.54) is 7.11 Å². The Morgan fingerprint density at radius 2 is 1.76 bits per heavy atom. The molecule has 0 aliphatic heterocycles. The summed E-state index contributed by atoms with van der Waals surface area (Å²) in [5.41, 5.74) is 3.38. The van der Waals surface area contributed by atoms with Crippen molar-refractivity contribution in [2.24, 2.45) is 0 Å². The van der Waals surface area contributed by atoms with Crippen molar-refractivity contribution in [2.75, 3.05) is 18.6 Å². The Kier molecular flexibility index (Phi) is 6.63. The molecule has 5 heteroatoms. The molecule has 0 spiro atoms. The zero-order chi connectivity index (χ0) is 20.6. The van der Waals surface area contributed by atoms with Gasteiger partial charge in [0.1, 0.15) is 6.29 Å². The normalized spacial score (nSPS) is 10.3. The van der Waals surface area contributed by atoms with Gasteiger partial charge in [0, 0.05) is 11.3 Å². The highest BCUT2D eigenvalue weighted by Crippen LogP contribution is 2.28. The van der Waals surface area contributed by atoms with Gasteiger partial charge in [0.2, 0.25) is 0 Å². The molecule has 0 N–H and O–H groups in total. The number of amides is 1. The van der Waals surface area contributed by atoms with Gasteiger partial charge in [-0.25, -0.2) is 0 Å². The van der Waals surface area contributed by atoms with Crippen molar-refractivity contribution in [1.29, 1.82) is 0 Å². The van der Waals surface area contributed by atoms with Gasteiger partial charge in [0.25, 0.3) is 5.91 Å². The van der Waals surface area contributed by atoms with Crippen molar-refractivity contribution >= 4 is 17.9 Å². The minimum atomic E-state index is -0.180. The van der Waals surface area contributed by atoms with E-state index in [2.05, 4.69) is 0 Å². The van der Waals surface area contributed by atoms with Crippen LogP contribution in [-0.4, -0.2) is 25.9 Å². The summed E-state index contributed by atoms with van der Waals surface area (Å²) in [4.78, 5) is 25.7. The Balaban J connectivity index is 1.80. The zero-order valence-corrected chi connectivity index (χ0v) is 16.5. The molecule has 0 unspecified atom stereocenters. The predicted octanol–water partition coefficient (Wildman–Crippen LogP) is 4.43. The van der Waals surface area contributed by atoms with E-state index in [1.54, 1.807) is 23.1 Å². The van der Waals surface area contributed by atoms with E-state index in [1.807, 2.05) is 61.5 Å². The number of carbonyl (C=O) groups excluding carboxylic acids is 2. The maximum absolute atomic E-state index is 13.1. The lowest BCUT2D eigenvalue weighted by molar-refractivity contribution is -0.120. The number of hydrogen-bond acceptors (Lipinski definition) is 4. The zero-order valence-electron chi connectivity index (χ0n) is 16.5. The predicted molar refractivity (Wildman–Crippen MR) is 113 cm³/mol. The van der Waals surface area contributed by atoms with Gasteiger partial charge in [-0.15, -0.1) is 0 Å². The highest BCUT2D eigenvalue weighted by Gasteiger charge is 2.18. The molecule has 0 fully saturated rings. The number of aryl methyl sites for hydroxylation is 1. The summed E-state index contributed by atoms with van der Waals surface area (Å²) in [6.45, 7) is 2.27. The topological polar surface area (TPSA) is 55.8 Å². The summed E-state index contributed by atoms with van der Waals surface area (Å²) in [7, 11) is 1.49. The van der Waals surface area contributed by atoms with Gasteiger partial charge in [0.05, 0.1) is 13.7 Å². The van der Waals surface area contributed by atoms with Crippen LogP contribution in [0.5, 0.6) is 11.5 Å². The van der Waals surface area contributed by atoms with Gasteiger partial charge in [0.15, 0.2) is 18.1 Å². The van der Waals surface area contributed by atoms with E-state index in [4.69, 9.17) is 9.47 Å². The number of methoxy groups -OCH3 is 1. The first-order chi connectivity index (χ1) is 14.1. The fourth-order valence-corrected chi connectivity index (χ4v) is 2.98. The second-order valence-corrected chi connectivity index (χ2v) is 6.62. The van der Waals surface area contributed by atoms with Gasteiger partial charge < -0.3 is 14.4 Å². The minimum Gasteiger partial charge on any atom is -0.493 e. The van der Waals surface area contributed by atoms with E-state index in [9.17, 15) is 9.59 Å². The van der Waals surface area contributed by atoms with Crippen LogP contribution in [0.15, 0.2) is 72.8 Å². The van der Waals surface area contributed by atoms with Crippen molar-refractivity contribution in [3.05, 3.63) is 89.5 Å². The molecule has 148 valence electrons. The minimum absolute atomic E-state index is 0.155. The van der Waals surface area contributed by atoms with Crippen LogP contribution >= 0.6 is 0 Å². The number of hydrogen-bond donors (Lipinski definition) is 0. The van der Waals surface area contributed by atoms with Crippen LogP contribution in [0.3, 0.4) is 0 Å². The molecule has 0 aliphatic rings. The van der Waals surface area contributed by atoms with Crippen molar-refractivity contribution in [3.8, 4) is 11.5 Å². The molecule has 3 rings (SSSR count). The van der Waals surface area contributed by atoms with Crippen LogP contribution in [0.25, 0.3) is 0 Å². The lowest BCUT2D eigenvalue weighted by Crippen LogP contribution is -2.34. The molecule has 3 aromatic carbocycles. The van der Waals surface area contributed by atoms with Gasteiger partial charge in [-0.2, -0.15) is 0 Å². The number of aldehydes is 1. The molecule has 0 aliphatic carbocycles. The fourth-order valence-electron chi connectivity index (χ4n) is 2.98. The average Bonchev–Trinajstić information content (AvgIpc) is 2.76. The van der Waals surface area contributed by atoms with Gasteiger partial charge in [-0.3, -0.25) is 9.59 Å². The Labute approximate surface area is 170 Å². The molecule has 0 saturated carbocycles. The average molecular weight is 389 g/mol. The highest BCUT2D eigenvalue weighted by molar-refractivity contribution is 5.94. The number of nitrogens with zero attached hydrogens (tertiary/aromatic N) is 1. The maximum Gasteiger partial charge on any atom is 0.265 e. The van der Waals surface area contributed by atoms with E-state index in [0.717, 1.165) is 23.1 Å².